The summed E-state index contributed by atoms with van der Waals surface area (Å²) < 4.78 is 4.38. The minimum absolute atomic E-state index is 0.472. The lowest BCUT2D eigenvalue weighted by Gasteiger charge is -2.18. The van der Waals surface area contributed by atoms with E-state index in [1.165, 1.54) is 0 Å². The summed E-state index contributed by atoms with van der Waals surface area (Å²) in [4.78, 5) is 26.8. The van der Waals surface area contributed by atoms with Crippen LogP contribution in [0.2, 0.25) is 0 Å². The van der Waals surface area contributed by atoms with E-state index < -0.39 is 13.4 Å². The highest BCUT2D eigenvalue weighted by molar-refractivity contribution is 8.14. The van der Waals surface area contributed by atoms with Gasteiger partial charge in [-0.05, 0) is 30.0 Å². The first kappa shape index (κ1) is 14.1. The molecular weight excluding hydrogens is 252 g/mol. The zero-order chi connectivity index (χ0) is 10.5. The lowest BCUT2D eigenvalue weighted by molar-refractivity contribution is 0.358. The Balaban J connectivity index is 3.95. The summed E-state index contributed by atoms with van der Waals surface area (Å²) in [7, 11) is 0. The first-order valence-electron chi connectivity index (χ1n) is 3.61. The number of hydrogen-bond donors (Lipinski definition) is 4. The van der Waals surface area contributed by atoms with Crippen molar-refractivity contribution in [3.05, 3.63) is 0 Å². The van der Waals surface area contributed by atoms with Crippen molar-refractivity contribution in [1.29, 1.82) is 0 Å². The van der Waals surface area contributed by atoms with E-state index >= 15 is 0 Å². The fourth-order valence-electron chi connectivity index (χ4n) is 0.570. The van der Waals surface area contributed by atoms with Crippen molar-refractivity contribution in [1.82, 2.24) is 5.09 Å². The third-order valence-electron chi connectivity index (χ3n) is 1.06. The van der Waals surface area contributed by atoms with Gasteiger partial charge in [0.1, 0.15) is 0 Å². The van der Waals surface area contributed by atoms with Crippen molar-refractivity contribution in [2.45, 2.75) is 19.8 Å². The molecule has 1 unspecified atom stereocenters. The first-order chi connectivity index (χ1) is 5.77. The van der Waals surface area contributed by atoms with Crippen LogP contribution in [0, 0.1) is 0 Å². The number of unbranched alkanes of at least 4 members (excludes halogenated alkanes) is 1. The fourth-order valence-corrected chi connectivity index (χ4v) is 4.75. The van der Waals surface area contributed by atoms with Crippen LogP contribution >= 0.6 is 13.4 Å². The van der Waals surface area contributed by atoms with Crippen LogP contribution in [0.25, 0.3) is 0 Å². The quantitative estimate of drug-likeness (QED) is 0.418. The molecule has 0 heterocycles. The van der Waals surface area contributed by atoms with Crippen LogP contribution in [0.4, 0.5) is 0 Å². The molecule has 5 nitrogen and oxygen atoms in total. The molecule has 0 fully saturated rings. The van der Waals surface area contributed by atoms with Crippen LogP contribution in [0.3, 0.4) is 0 Å². The minimum Gasteiger partial charge on any atom is -0.333 e. The SMILES string of the molecule is CCCCNP(O)(=S)OP(O)(O)=S. The van der Waals surface area contributed by atoms with E-state index in [4.69, 9.17) is 9.79 Å². The van der Waals surface area contributed by atoms with Crippen molar-refractivity contribution in [3.63, 3.8) is 0 Å². The Morgan fingerprint density at radius 1 is 1.31 bits per heavy atom. The molecule has 80 valence electrons. The lowest BCUT2D eigenvalue weighted by atomic mass is 10.3. The summed E-state index contributed by atoms with van der Waals surface area (Å²) in [5, 5.41) is 2.52. The fraction of sp³-hybridized carbons (Fsp3) is 1.00. The second-order valence-corrected chi connectivity index (χ2v) is 8.26. The minimum atomic E-state index is -3.87. The molecule has 0 saturated carbocycles. The Morgan fingerprint density at radius 2 is 1.85 bits per heavy atom. The predicted octanol–water partition coefficient (Wildman–Crippen LogP) is 0.819. The monoisotopic (exact) mass is 265 g/mol. The molecule has 0 spiro atoms. The van der Waals surface area contributed by atoms with Crippen molar-refractivity contribution in [3.8, 4) is 0 Å². The highest BCUT2D eigenvalue weighted by Gasteiger charge is 2.21. The van der Waals surface area contributed by atoms with Gasteiger partial charge in [0.05, 0.1) is 0 Å². The second kappa shape index (κ2) is 5.85. The molecule has 4 N–H and O–H groups in total. The van der Waals surface area contributed by atoms with Crippen LogP contribution in [0.5, 0.6) is 0 Å². The standard InChI is InChI=1S/C4H13NO4P2S2/c1-2-3-4-5-10(6,12)9-11(7,8)13/h2-4H2,1H3,(H2,5,6,12)(H2,7,8,13). The highest BCUT2D eigenvalue weighted by atomic mass is 32.5. The largest absolute Gasteiger partial charge is 0.333 e. The molecule has 0 aromatic rings. The van der Waals surface area contributed by atoms with Crippen molar-refractivity contribution < 1.29 is 19.0 Å². The van der Waals surface area contributed by atoms with Gasteiger partial charge in [-0.1, -0.05) is 13.3 Å². The highest BCUT2D eigenvalue weighted by Crippen LogP contribution is 2.54. The Bertz CT molecular complexity index is 242. The summed E-state index contributed by atoms with van der Waals surface area (Å²) in [6, 6.07) is 0. The molecule has 0 radical (unpaired) electrons. The van der Waals surface area contributed by atoms with Crippen LogP contribution in [-0.2, 0) is 27.9 Å². The molecular formula is C4H13NO4P2S2. The molecule has 0 saturated heterocycles. The smallest absolute Gasteiger partial charge is 0.328 e. The number of nitrogens with one attached hydrogen (secondary N) is 1. The van der Waals surface area contributed by atoms with E-state index in [1.807, 2.05) is 6.92 Å². The molecule has 0 aliphatic heterocycles. The molecule has 0 rings (SSSR count). The summed E-state index contributed by atoms with van der Waals surface area (Å²) >= 11 is 8.75. The van der Waals surface area contributed by atoms with Gasteiger partial charge in [0, 0.05) is 6.54 Å². The van der Waals surface area contributed by atoms with Gasteiger partial charge < -0.3 is 14.7 Å². The zero-order valence-corrected chi connectivity index (χ0v) is 10.5. The van der Waals surface area contributed by atoms with Gasteiger partial charge in [0.2, 0.25) is 0 Å². The van der Waals surface area contributed by atoms with E-state index in [0.29, 0.717) is 6.54 Å². The normalized spacial score (nSPS) is 16.9. The first-order valence-corrected chi connectivity index (χ1v) is 8.91. The van der Waals surface area contributed by atoms with E-state index in [2.05, 4.69) is 33.0 Å². The van der Waals surface area contributed by atoms with Crippen molar-refractivity contribution in [2.24, 2.45) is 0 Å². The van der Waals surface area contributed by atoms with Crippen LogP contribution < -0.4 is 5.09 Å². The van der Waals surface area contributed by atoms with Gasteiger partial charge in [-0.15, -0.1) is 0 Å². The predicted molar refractivity (Wildman–Crippen MR) is 59.2 cm³/mol. The molecule has 1 atom stereocenters. The average Bonchev–Trinajstić information content (AvgIpc) is 1.81. The molecule has 0 aliphatic carbocycles. The van der Waals surface area contributed by atoms with Gasteiger partial charge in [0.25, 0.3) is 6.64 Å². The molecule has 0 aromatic heterocycles. The topological polar surface area (TPSA) is 82.0 Å². The Morgan fingerprint density at radius 3 is 2.23 bits per heavy atom. The van der Waals surface area contributed by atoms with Crippen molar-refractivity contribution in [2.75, 3.05) is 6.54 Å². The van der Waals surface area contributed by atoms with Crippen LogP contribution in [0.15, 0.2) is 0 Å². The third-order valence-corrected chi connectivity index (χ3v) is 5.01. The maximum atomic E-state index is 9.31. The molecule has 0 aromatic carbocycles. The van der Waals surface area contributed by atoms with Gasteiger partial charge in [-0.3, -0.25) is 0 Å². The van der Waals surface area contributed by atoms with Gasteiger partial charge in [-0.25, -0.2) is 9.40 Å². The maximum absolute atomic E-state index is 9.31. The van der Waals surface area contributed by atoms with Crippen LogP contribution in [-0.4, -0.2) is 21.2 Å². The van der Waals surface area contributed by atoms with Crippen LogP contribution in [0.1, 0.15) is 19.8 Å². The maximum Gasteiger partial charge on any atom is 0.328 e. The molecule has 0 aliphatic rings. The summed E-state index contributed by atoms with van der Waals surface area (Å²) in [6.45, 7) is -4.74. The number of rotatable bonds is 6. The third kappa shape index (κ3) is 9.41. The van der Waals surface area contributed by atoms with Gasteiger partial charge in [-0.2, -0.15) is 0 Å². The van der Waals surface area contributed by atoms with E-state index in [1.54, 1.807) is 0 Å². The molecule has 0 bridgehead atoms. The molecule has 13 heavy (non-hydrogen) atoms. The Hall–Kier alpha value is 1.10. The zero-order valence-electron chi connectivity index (χ0n) is 7.08. The molecule has 9 heteroatoms. The van der Waals surface area contributed by atoms with E-state index in [-0.39, 0.29) is 0 Å². The van der Waals surface area contributed by atoms with Crippen molar-refractivity contribution >= 4 is 37.0 Å². The second-order valence-electron chi connectivity index (χ2n) is 2.35. The lowest BCUT2D eigenvalue weighted by Crippen LogP contribution is -2.12. The summed E-state index contributed by atoms with van der Waals surface area (Å²) in [5.41, 5.74) is 0. The Labute approximate surface area is 87.6 Å². The molecule has 0 amide bonds. The van der Waals surface area contributed by atoms with E-state index in [0.717, 1.165) is 12.8 Å². The van der Waals surface area contributed by atoms with Gasteiger partial charge >= 0.3 is 6.72 Å². The average molecular weight is 265 g/mol. The van der Waals surface area contributed by atoms with E-state index in [9.17, 15) is 4.89 Å². The van der Waals surface area contributed by atoms with Gasteiger partial charge in [0.15, 0.2) is 0 Å². The Kier molecular flexibility index (Phi) is 6.35. The summed E-state index contributed by atoms with van der Waals surface area (Å²) in [6.07, 6.45) is 1.76. The number of hydrogen-bond acceptors (Lipinski definition) is 3. The summed E-state index contributed by atoms with van der Waals surface area (Å²) in [5.74, 6) is 0.